The van der Waals surface area contributed by atoms with Gasteiger partial charge in [-0.3, -0.25) is 4.79 Å². The summed E-state index contributed by atoms with van der Waals surface area (Å²) < 4.78 is 1.15. The van der Waals surface area contributed by atoms with E-state index in [1.807, 2.05) is 19.1 Å². The zero-order chi connectivity index (χ0) is 14.5. The summed E-state index contributed by atoms with van der Waals surface area (Å²) in [7, 11) is 0. The second-order valence-electron chi connectivity index (χ2n) is 5.39. The number of unbranched alkanes of at least 4 members (excludes halogenated alkanes) is 4. The number of hydrogen-bond donors (Lipinski definition) is 1. The van der Waals surface area contributed by atoms with Crippen LogP contribution in [0.25, 0.3) is 10.9 Å². The van der Waals surface area contributed by atoms with Gasteiger partial charge in [0.2, 0.25) is 0 Å². The molecule has 0 bridgehead atoms. The summed E-state index contributed by atoms with van der Waals surface area (Å²) in [6.07, 6.45) is 6.59. The maximum atomic E-state index is 12.5. The Balaban J connectivity index is 2.27. The Bertz CT molecular complexity index is 643. The molecule has 0 aliphatic rings. The lowest BCUT2D eigenvalue weighted by molar-refractivity contribution is 0.190. The first-order valence-corrected chi connectivity index (χ1v) is 7.49. The van der Waals surface area contributed by atoms with E-state index in [9.17, 15) is 10.0 Å². The van der Waals surface area contributed by atoms with Crippen LogP contribution in [0.15, 0.2) is 29.1 Å². The second kappa shape index (κ2) is 6.60. The maximum Gasteiger partial charge on any atom is 0.193 e. The third kappa shape index (κ3) is 2.87. The number of benzene rings is 1. The summed E-state index contributed by atoms with van der Waals surface area (Å²) in [5.41, 5.74) is 2.08. The predicted octanol–water partition coefficient (Wildman–Crippen LogP) is 4.06. The van der Waals surface area contributed by atoms with Gasteiger partial charge in [-0.25, -0.2) is 0 Å². The highest BCUT2D eigenvalue weighted by Crippen LogP contribution is 2.16. The molecule has 3 heteroatoms. The van der Waals surface area contributed by atoms with Gasteiger partial charge in [-0.1, -0.05) is 44.7 Å². The van der Waals surface area contributed by atoms with Crippen LogP contribution in [-0.4, -0.2) is 9.94 Å². The number of hydrogen-bond acceptors (Lipinski definition) is 2. The Kier molecular flexibility index (Phi) is 4.83. The van der Waals surface area contributed by atoms with Crippen molar-refractivity contribution in [2.24, 2.45) is 0 Å². The van der Waals surface area contributed by atoms with Gasteiger partial charge in [-0.05, 0) is 31.9 Å². The zero-order valence-corrected chi connectivity index (χ0v) is 12.4. The lowest BCUT2D eigenvalue weighted by Gasteiger charge is -2.12. The first-order chi connectivity index (χ1) is 9.66. The SMILES string of the molecule is CCCCCCCc1c(C)n(O)c2ccccc2c1=O. The minimum atomic E-state index is 0.0684. The normalized spacial score (nSPS) is 11.1. The van der Waals surface area contributed by atoms with Gasteiger partial charge in [0, 0.05) is 10.9 Å². The van der Waals surface area contributed by atoms with Crippen LogP contribution in [0, 0.1) is 6.92 Å². The lowest BCUT2D eigenvalue weighted by Crippen LogP contribution is -2.17. The van der Waals surface area contributed by atoms with Gasteiger partial charge < -0.3 is 5.21 Å². The Labute approximate surface area is 119 Å². The first-order valence-electron chi connectivity index (χ1n) is 7.49. The Morgan fingerprint density at radius 1 is 1.10 bits per heavy atom. The standard InChI is InChI=1S/C17H23NO2/c1-3-4-5-6-7-10-14-13(2)18(20)16-12-9-8-11-15(16)17(14)19/h8-9,11-12,20H,3-7,10H2,1-2H3. The molecule has 1 heterocycles. The van der Waals surface area contributed by atoms with Crippen LogP contribution >= 0.6 is 0 Å². The van der Waals surface area contributed by atoms with Gasteiger partial charge in [-0.15, -0.1) is 0 Å². The molecule has 2 rings (SSSR count). The Morgan fingerprint density at radius 2 is 1.80 bits per heavy atom. The van der Waals surface area contributed by atoms with Gasteiger partial charge in [0.05, 0.1) is 11.2 Å². The van der Waals surface area contributed by atoms with E-state index in [0.717, 1.165) is 29.6 Å². The van der Waals surface area contributed by atoms with Crippen LogP contribution in [0.3, 0.4) is 0 Å². The number of pyridine rings is 1. The average molecular weight is 273 g/mol. The molecule has 0 aliphatic carbocycles. The smallest absolute Gasteiger partial charge is 0.193 e. The highest BCUT2D eigenvalue weighted by atomic mass is 16.5. The van der Waals surface area contributed by atoms with Crippen molar-refractivity contribution in [2.45, 2.75) is 52.4 Å². The first kappa shape index (κ1) is 14.6. The van der Waals surface area contributed by atoms with Crippen molar-refractivity contribution in [1.29, 1.82) is 0 Å². The van der Waals surface area contributed by atoms with Crippen LogP contribution in [0.1, 0.15) is 50.3 Å². The number of para-hydroxylation sites is 1. The van der Waals surface area contributed by atoms with Crippen molar-refractivity contribution in [1.82, 2.24) is 4.73 Å². The van der Waals surface area contributed by atoms with E-state index in [1.54, 1.807) is 12.1 Å². The van der Waals surface area contributed by atoms with Crippen molar-refractivity contribution in [3.05, 3.63) is 45.7 Å². The Hall–Kier alpha value is -1.77. The molecule has 1 aromatic heterocycles. The third-order valence-corrected chi connectivity index (χ3v) is 3.94. The molecule has 0 atom stereocenters. The summed E-state index contributed by atoms with van der Waals surface area (Å²) in [6, 6.07) is 7.22. The maximum absolute atomic E-state index is 12.5. The van der Waals surface area contributed by atoms with E-state index in [1.165, 1.54) is 19.3 Å². The summed E-state index contributed by atoms with van der Waals surface area (Å²) in [4.78, 5) is 12.5. The molecule has 0 saturated heterocycles. The number of fused-ring (bicyclic) bond motifs is 1. The molecule has 2 aromatic rings. The van der Waals surface area contributed by atoms with E-state index in [0.29, 0.717) is 16.6 Å². The minimum Gasteiger partial charge on any atom is -0.428 e. The fraction of sp³-hybridized carbons (Fsp3) is 0.471. The number of nitrogens with zero attached hydrogens (tertiary/aromatic N) is 1. The van der Waals surface area contributed by atoms with Crippen molar-refractivity contribution < 1.29 is 5.21 Å². The van der Waals surface area contributed by atoms with Crippen molar-refractivity contribution in [3.8, 4) is 0 Å². The molecule has 0 saturated carbocycles. The van der Waals surface area contributed by atoms with Crippen molar-refractivity contribution in [3.63, 3.8) is 0 Å². The van der Waals surface area contributed by atoms with Gasteiger partial charge in [0.15, 0.2) is 5.43 Å². The van der Waals surface area contributed by atoms with Crippen LogP contribution in [0.2, 0.25) is 0 Å². The van der Waals surface area contributed by atoms with Crippen LogP contribution in [-0.2, 0) is 6.42 Å². The van der Waals surface area contributed by atoms with Gasteiger partial charge in [-0.2, -0.15) is 4.73 Å². The van der Waals surface area contributed by atoms with Gasteiger partial charge in [0.1, 0.15) is 0 Å². The summed E-state index contributed by atoms with van der Waals surface area (Å²) in [5.74, 6) is 0. The van der Waals surface area contributed by atoms with Gasteiger partial charge >= 0.3 is 0 Å². The third-order valence-electron chi connectivity index (χ3n) is 3.94. The molecule has 3 nitrogen and oxygen atoms in total. The average Bonchev–Trinajstić information content (AvgIpc) is 2.48. The quantitative estimate of drug-likeness (QED) is 0.637. The molecule has 0 spiro atoms. The number of aromatic nitrogens is 1. The summed E-state index contributed by atoms with van der Waals surface area (Å²) in [5, 5.41) is 10.8. The van der Waals surface area contributed by atoms with Crippen LogP contribution in [0.5, 0.6) is 0 Å². The predicted molar refractivity (Wildman–Crippen MR) is 82.6 cm³/mol. The molecule has 0 aliphatic heterocycles. The highest BCUT2D eigenvalue weighted by molar-refractivity contribution is 5.79. The lowest BCUT2D eigenvalue weighted by atomic mass is 10.0. The fourth-order valence-electron chi connectivity index (χ4n) is 2.69. The molecule has 0 radical (unpaired) electrons. The number of rotatable bonds is 6. The summed E-state index contributed by atoms with van der Waals surface area (Å²) >= 11 is 0. The molecular weight excluding hydrogens is 250 g/mol. The summed E-state index contributed by atoms with van der Waals surface area (Å²) in [6.45, 7) is 4.01. The van der Waals surface area contributed by atoms with Crippen molar-refractivity contribution >= 4 is 10.9 Å². The van der Waals surface area contributed by atoms with Crippen LogP contribution < -0.4 is 5.43 Å². The van der Waals surface area contributed by atoms with E-state index in [-0.39, 0.29) is 5.43 Å². The molecule has 0 fully saturated rings. The van der Waals surface area contributed by atoms with Crippen molar-refractivity contribution in [2.75, 3.05) is 0 Å². The fourth-order valence-corrected chi connectivity index (χ4v) is 2.69. The van der Waals surface area contributed by atoms with E-state index in [2.05, 4.69) is 6.92 Å². The van der Waals surface area contributed by atoms with Gasteiger partial charge in [0.25, 0.3) is 0 Å². The zero-order valence-electron chi connectivity index (χ0n) is 12.4. The highest BCUT2D eigenvalue weighted by Gasteiger charge is 2.12. The van der Waals surface area contributed by atoms with Crippen LogP contribution in [0.4, 0.5) is 0 Å². The second-order valence-corrected chi connectivity index (χ2v) is 5.39. The van der Waals surface area contributed by atoms with E-state index >= 15 is 0 Å². The Morgan fingerprint density at radius 3 is 2.55 bits per heavy atom. The topological polar surface area (TPSA) is 42.2 Å². The largest absolute Gasteiger partial charge is 0.428 e. The minimum absolute atomic E-state index is 0.0684. The molecule has 1 N–H and O–H groups in total. The molecule has 1 aromatic carbocycles. The van der Waals surface area contributed by atoms with E-state index < -0.39 is 0 Å². The molecular formula is C17H23NO2. The molecule has 20 heavy (non-hydrogen) atoms. The molecule has 108 valence electrons. The molecule has 0 amide bonds. The monoisotopic (exact) mass is 273 g/mol. The van der Waals surface area contributed by atoms with E-state index in [4.69, 9.17) is 0 Å². The molecule has 0 unspecified atom stereocenters.